The number of hydrogen-bond acceptors (Lipinski definition) is 1. The van der Waals surface area contributed by atoms with E-state index in [9.17, 15) is 0 Å². The van der Waals surface area contributed by atoms with Gasteiger partial charge >= 0.3 is 0 Å². The summed E-state index contributed by atoms with van der Waals surface area (Å²) in [5.74, 6) is 1.95. The summed E-state index contributed by atoms with van der Waals surface area (Å²) in [4.78, 5) is 0. The Bertz CT molecular complexity index is 420. The van der Waals surface area contributed by atoms with Crippen LogP contribution in [0.5, 0.6) is 0 Å². The van der Waals surface area contributed by atoms with Crippen LogP contribution < -0.4 is 5.32 Å². The Kier molecular flexibility index (Phi) is 7.28. The molecule has 1 N–H and O–H groups in total. The Balaban J connectivity index is 2.95. The quantitative estimate of drug-likeness (QED) is 0.571. The Hall–Kier alpha value is -0.980. The van der Waals surface area contributed by atoms with Gasteiger partial charge in [0.1, 0.15) is 0 Å². The van der Waals surface area contributed by atoms with Crippen LogP contribution in [0.1, 0.15) is 90.7 Å². The molecule has 1 nitrogen and oxygen atoms in total. The molecule has 2 unspecified atom stereocenters. The minimum atomic E-state index is 0.562. The van der Waals surface area contributed by atoms with Gasteiger partial charge in [-0.05, 0) is 47.8 Å². The second kappa shape index (κ2) is 8.46. The van der Waals surface area contributed by atoms with Crippen LogP contribution in [-0.4, -0.2) is 6.04 Å². The molecule has 0 fully saturated rings. The summed E-state index contributed by atoms with van der Waals surface area (Å²) in [6.07, 6.45) is 3.71. The van der Waals surface area contributed by atoms with Crippen LogP contribution in [0.25, 0.3) is 0 Å². The van der Waals surface area contributed by atoms with E-state index in [2.05, 4.69) is 72.0 Å². The van der Waals surface area contributed by atoms with Crippen molar-refractivity contribution in [3.8, 4) is 0 Å². The van der Waals surface area contributed by atoms with Gasteiger partial charge in [0.15, 0.2) is 0 Å². The van der Waals surface area contributed by atoms with Crippen molar-refractivity contribution in [3.63, 3.8) is 0 Å². The fourth-order valence-corrected chi connectivity index (χ4v) is 2.75. The van der Waals surface area contributed by atoms with Crippen LogP contribution in [0.4, 0.5) is 5.69 Å². The Morgan fingerprint density at radius 2 is 1.57 bits per heavy atom. The number of rotatable bonds is 8. The standard InChI is InChI=1S/C20H35N/c1-8-16(7)12-18(9-2)21-20-11-10-17(14(3)4)13-19(20)15(5)6/h10-11,13-16,18,21H,8-9,12H2,1-7H3. The average Bonchev–Trinajstić information content (AvgIpc) is 2.45. The maximum Gasteiger partial charge on any atom is 0.0377 e. The molecule has 0 aliphatic heterocycles. The van der Waals surface area contributed by atoms with E-state index in [1.165, 1.54) is 36.1 Å². The van der Waals surface area contributed by atoms with Crippen molar-refractivity contribution in [1.29, 1.82) is 0 Å². The van der Waals surface area contributed by atoms with Crippen LogP contribution >= 0.6 is 0 Å². The maximum absolute atomic E-state index is 3.81. The zero-order chi connectivity index (χ0) is 16.0. The maximum atomic E-state index is 3.81. The normalized spacial score (nSPS) is 14.5. The highest BCUT2D eigenvalue weighted by atomic mass is 14.9. The SMILES string of the molecule is CCC(C)CC(CC)Nc1ccc(C(C)C)cc1C(C)C. The molecule has 1 aromatic carbocycles. The molecule has 21 heavy (non-hydrogen) atoms. The molecular weight excluding hydrogens is 254 g/mol. The van der Waals surface area contributed by atoms with Gasteiger partial charge in [-0.2, -0.15) is 0 Å². The molecule has 0 spiro atoms. The third-order valence-corrected chi connectivity index (χ3v) is 4.60. The summed E-state index contributed by atoms with van der Waals surface area (Å²) in [6, 6.07) is 7.56. The molecule has 0 aromatic heterocycles. The summed E-state index contributed by atoms with van der Waals surface area (Å²) < 4.78 is 0. The largest absolute Gasteiger partial charge is 0.382 e. The summed E-state index contributed by atoms with van der Waals surface area (Å²) in [6.45, 7) is 16.1. The molecule has 0 aliphatic carbocycles. The first-order valence-corrected chi connectivity index (χ1v) is 8.79. The second-order valence-electron chi connectivity index (χ2n) is 7.15. The van der Waals surface area contributed by atoms with E-state index in [0.29, 0.717) is 17.9 Å². The van der Waals surface area contributed by atoms with E-state index in [4.69, 9.17) is 0 Å². The third kappa shape index (κ3) is 5.37. The smallest absolute Gasteiger partial charge is 0.0377 e. The molecule has 1 heteroatoms. The van der Waals surface area contributed by atoms with Crippen molar-refractivity contribution in [2.45, 2.75) is 85.6 Å². The van der Waals surface area contributed by atoms with E-state index >= 15 is 0 Å². The van der Waals surface area contributed by atoms with Crippen molar-refractivity contribution in [3.05, 3.63) is 29.3 Å². The van der Waals surface area contributed by atoms with Crippen LogP contribution in [-0.2, 0) is 0 Å². The predicted octanol–water partition coefficient (Wildman–Crippen LogP) is 6.56. The molecular formula is C20H35N. The van der Waals surface area contributed by atoms with Gasteiger partial charge in [-0.15, -0.1) is 0 Å². The number of anilines is 1. The molecule has 0 radical (unpaired) electrons. The third-order valence-electron chi connectivity index (χ3n) is 4.60. The molecule has 1 aromatic rings. The molecule has 1 rings (SSSR count). The first kappa shape index (κ1) is 18.1. The first-order chi connectivity index (χ1) is 9.88. The molecule has 0 heterocycles. The highest BCUT2D eigenvalue weighted by molar-refractivity contribution is 5.55. The molecule has 0 bridgehead atoms. The number of benzene rings is 1. The van der Waals surface area contributed by atoms with Crippen molar-refractivity contribution in [2.24, 2.45) is 5.92 Å². The lowest BCUT2D eigenvalue weighted by Crippen LogP contribution is -2.22. The van der Waals surface area contributed by atoms with Gasteiger partial charge in [0.25, 0.3) is 0 Å². The van der Waals surface area contributed by atoms with Crippen molar-refractivity contribution in [1.82, 2.24) is 0 Å². The summed E-state index contributed by atoms with van der Waals surface area (Å²) in [7, 11) is 0. The highest BCUT2D eigenvalue weighted by Crippen LogP contribution is 2.30. The van der Waals surface area contributed by atoms with E-state index in [1.807, 2.05) is 0 Å². The Morgan fingerprint density at radius 1 is 0.905 bits per heavy atom. The van der Waals surface area contributed by atoms with Gasteiger partial charge in [0.2, 0.25) is 0 Å². The van der Waals surface area contributed by atoms with Crippen LogP contribution in [0.15, 0.2) is 18.2 Å². The zero-order valence-electron chi connectivity index (χ0n) is 15.2. The van der Waals surface area contributed by atoms with E-state index < -0.39 is 0 Å². The van der Waals surface area contributed by atoms with Crippen molar-refractivity contribution in [2.75, 3.05) is 5.32 Å². The average molecular weight is 290 g/mol. The van der Waals surface area contributed by atoms with E-state index in [-0.39, 0.29) is 0 Å². The molecule has 0 saturated heterocycles. The first-order valence-electron chi connectivity index (χ1n) is 8.79. The number of nitrogens with one attached hydrogen (secondary N) is 1. The topological polar surface area (TPSA) is 12.0 Å². The van der Waals surface area contributed by atoms with E-state index in [1.54, 1.807) is 0 Å². The van der Waals surface area contributed by atoms with Crippen molar-refractivity contribution >= 4 is 5.69 Å². The Morgan fingerprint density at radius 3 is 2.05 bits per heavy atom. The second-order valence-corrected chi connectivity index (χ2v) is 7.15. The molecule has 2 atom stereocenters. The summed E-state index contributed by atoms with van der Waals surface area (Å²) >= 11 is 0. The van der Waals surface area contributed by atoms with Gasteiger partial charge in [-0.1, -0.05) is 67.0 Å². The van der Waals surface area contributed by atoms with Crippen LogP contribution in [0.2, 0.25) is 0 Å². The minimum absolute atomic E-state index is 0.562. The van der Waals surface area contributed by atoms with Gasteiger partial charge in [0.05, 0.1) is 0 Å². The molecule has 0 aliphatic rings. The summed E-state index contributed by atoms with van der Waals surface area (Å²) in [5, 5.41) is 3.81. The fraction of sp³-hybridized carbons (Fsp3) is 0.700. The lowest BCUT2D eigenvalue weighted by molar-refractivity contribution is 0.461. The van der Waals surface area contributed by atoms with E-state index in [0.717, 1.165) is 5.92 Å². The van der Waals surface area contributed by atoms with Crippen molar-refractivity contribution < 1.29 is 0 Å². The zero-order valence-corrected chi connectivity index (χ0v) is 15.2. The molecule has 120 valence electrons. The van der Waals surface area contributed by atoms with Gasteiger partial charge < -0.3 is 5.32 Å². The minimum Gasteiger partial charge on any atom is -0.382 e. The lowest BCUT2D eigenvalue weighted by atomic mass is 9.92. The molecule has 0 saturated carbocycles. The van der Waals surface area contributed by atoms with Gasteiger partial charge in [-0.3, -0.25) is 0 Å². The number of hydrogen-bond donors (Lipinski definition) is 1. The highest BCUT2D eigenvalue weighted by Gasteiger charge is 2.14. The molecule has 0 amide bonds. The van der Waals surface area contributed by atoms with Crippen LogP contribution in [0, 0.1) is 5.92 Å². The monoisotopic (exact) mass is 289 g/mol. The Labute approximate surface area is 132 Å². The van der Waals surface area contributed by atoms with Gasteiger partial charge in [-0.25, -0.2) is 0 Å². The van der Waals surface area contributed by atoms with Crippen LogP contribution in [0.3, 0.4) is 0 Å². The van der Waals surface area contributed by atoms with Gasteiger partial charge in [0, 0.05) is 11.7 Å². The predicted molar refractivity (Wildman–Crippen MR) is 96.4 cm³/mol. The fourth-order valence-electron chi connectivity index (χ4n) is 2.75. The summed E-state index contributed by atoms with van der Waals surface area (Å²) in [5.41, 5.74) is 4.24. The lowest BCUT2D eigenvalue weighted by Gasteiger charge is -2.25.